The lowest BCUT2D eigenvalue weighted by Gasteiger charge is -2.07. The summed E-state index contributed by atoms with van der Waals surface area (Å²) in [4.78, 5) is 23.3. The Hall–Kier alpha value is -2.36. The molecule has 4 heteroatoms. The largest absolute Gasteiger partial charge is 0.458 e. The minimum absolute atomic E-state index is 0.154. The van der Waals surface area contributed by atoms with Crippen LogP contribution < -0.4 is 0 Å². The Morgan fingerprint density at radius 1 is 1.11 bits per heavy atom. The first-order chi connectivity index (χ1) is 9.10. The lowest BCUT2D eigenvalue weighted by Crippen LogP contribution is -2.10. The maximum Gasteiger partial charge on any atom is 0.338 e. The number of rotatable bonds is 6. The van der Waals surface area contributed by atoms with Gasteiger partial charge < -0.3 is 9.47 Å². The van der Waals surface area contributed by atoms with E-state index in [0.29, 0.717) is 16.7 Å². The van der Waals surface area contributed by atoms with Crippen molar-refractivity contribution in [2.24, 2.45) is 0 Å². The minimum atomic E-state index is -0.450. The van der Waals surface area contributed by atoms with Gasteiger partial charge in [-0.15, -0.1) is 0 Å². The maximum atomic E-state index is 11.7. The molecule has 1 aromatic carbocycles. The van der Waals surface area contributed by atoms with Gasteiger partial charge in [0.25, 0.3) is 0 Å². The molecule has 0 aromatic heterocycles. The molecule has 0 amide bonds. The fraction of sp³-hybridized carbons (Fsp3) is 0.200. The van der Waals surface area contributed by atoms with Gasteiger partial charge in [0.05, 0.1) is 11.1 Å². The molecule has 0 N–H and O–H groups in total. The predicted octanol–water partition coefficient (Wildman–Crippen LogP) is 2.68. The Morgan fingerprint density at radius 2 is 1.68 bits per heavy atom. The molecular weight excluding hydrogens is 244 g/mol. The van der Waals surface area contributed by atoms with Gasteiger partial charge in [0.1, 0.15) is 13.2 Å². The topological polar surface area (TPSA) is 52.6 Å². The van der Waals surface area contributed by atoms with E-state index in [9.17, 15) is 9.59 Å². The van der Waals surface area contributed by atoms with Gasteiger partial charge in [0.2, 0.25) is 0 Å². The van der Waals surface area contributed by atoms with Gasteiger partial charge in [-0.05, 0) is 30.7 Å². The summed E-state index contributed by atoms with van der Waals surface area (Å²) in [6.07, 6.45) is 2.99. The number of benzene rings is 1. The summed E-state index contributed by atoms with van der Waals surface area (Å²) in [5.74, 6) is -0.891. The van der Waals surface area contributed by atoms with E-state index in [1.54, 1.807) is 19.1 Å². The molecule has 4 nitrogen and oxygen atoms in total. The van der Waals surface area contributed by atoms with Crippen LogP contribution >= 0.6 is 0 Å². The summed E-state index contributed by atoms with van der Waals surface area (Å²) in [7, 11) is 0. The number of aryl methyl sites for hydroxylation is 1. The number of carbonyl (C=O) groups is 2. The van der Waals surface area contributed by atoms with E-state index < -0.39 is 11.9 Å². The highest BCUT2D eigenvalue weighted by Gasteiger charge is 2.13. The van der Waals surface area contributed by atoms with Crippen LogP contribution in [0, 0.1) is 6.92 Å². The Balaban J connectivity index is 2.84. The number of ether oxygens (including phenoxy) is 2. The minimum Gasteiger partial charge on any atom is -0.458 e. The SMILES string of the molecule is C=CCOC(=O)c1ccc(C(=O)OCC=C)c(C)c1. The molecule has 0 aliphatic heterocycles. The van der Waals surface area contributed by atoms with Crippen LogP contribution in [0.4, 0.5) is 0 Å². The fourth-order valence-electron chi connectivity index (χ4n) is 1.45. The Bertz CT molecular complexity index is 503. The van der Waals surface area contributed by atoms with Crippen molar-refractivity contribution in [1.82, 2.24) is 0 Å². The van der Waals surface area contributed by atoms with Crippen LogP contribution in [0.25, 0.3) is 0 Å². The molecular formula is C15H16O4. The molecule has 0 fully saturated rings. The van der Waals surface area contributed by atoms with Crippen molar-refractivity contribution in [2.45, 2.75) is 6.92 Å². The molecule has 0 aliphatic rings. The Kier molecular flexibility index (Phi) is 5.54. The molecule has 1 rings (SSSR count). The number of hydrogen-bond donors (Lipinski definition) is 0. The standard InChI is InChI=1S/C15H16O4/c1-4-8-18-14(16)12-6-7-13(11(3)10-12)15(17)19-9-5-2/h4-7,10H,1-2,8-9H2,3H3. The molecule has 0 atom stereocenters. The second-order valence-electron chi connectivity index (χ2n) is 3.80. The first-order valence-electron chi connectivity index (χ1n) is 5.76. The van der Waals surface area contributed by atoms with Crippen molar-refractivity contribution in [3.8, 4) is 0 Å². The monoisotopic (exact) mass is 260 g/mol. The van der Waals surface area contributed by atoms with Crippen LogP contribution in [-0.4, -0.2) is 25.2 Å². The zero-order valence-corrected chi connectivity index (χ0v) is 10.8. The Morgan fingerprint density at radius 3 is 2.21 bits per heavy atom. The van der Waals surface area contributed by atoms with Crippen molar-refractivity contribution >= 4 is 11.9 Å². The van der Waals surface area contributed by atoms with E-state index in [1.807, 2.05) is 0 Å². The van der Waals surface area contributed by atoms with Gasteiger partial charge in [-0.3, -0.25) is 0 Å². The zero-order valence-electron chi connectivity index (χ0n) is 10.8. The van der Waals surface area contributed by atoms with Crippen molar-refractivity contribution in [3.05, 3.63) is 60.2 Å². The fourth-order valence-corrected chi connectivity index (χ4v) is 1.45. The first kappa shape index (κ1) is 14.7. The molecule has 19 heavy (non-hydrogen) atoms. The molecule has 1 aromatic rings. The van der Waals surface area contributed by atoms with Gasteiger partial charge in [0.15, 0.2) is 0 Å². The number of carbonyl (C=O) groups excluding carboxylic acids is 2. The summed E-state index contributed by atoms with van der Waals surface area (Å²) in [6, 6.07) is 4.67. The summed E-state index contributed by atoms with van der Waals surface area (Å²) in [6.45, 7) is 8.97. The van der Waals surface area contributed by atoms with Gasteiger partial charge in [-0.25, -0.2) is 9.59 Å². The van der Waals surface area contributed by atoms with Gasteiger partial charge in [-0.1, -0.05) is 25.3 Å². The van der Waals surface area contributed by atoms with Crippen molar-refractivity contribution in [1.29, 1.82) is 0 Å². The highest BCUT2D eigenvalue weighted by molar-refractivity contribution is 5.94. The lowest BCUT2D eigenvalue weighted by molar-refractivity contribution is 0.0534. The molecule has 0 saturated heterocycles. The second-order valence-corrected chi connectivity index (χ2v) is 3.80. The van der Waals surface area contributed by atoms with E-state index in [2.05, 4.69) is 13.2 Å². The van der Waals surface area contributed by atoms with Crippen LogP contribution in [0.1, 0.15) is 26.3 Å². The summed E-state index contributed by atoms with van der Waals surface area (Å²) >= 11 is 0. The van der Waals surface area contributed by atoms with E-state index in [4.69, 9.17) is 9.47 Å². The third-order valence-electron chi connectivity index (χ3n) is 2.35. The van der Waals surface area contributed by atoms with E-state index in [1.165, 1.54) is 18.2 Å². The molecule has 0 saturated carbocycles. The third-order valence-corrected chi connectivity index (χ3v) is 2.35. The quantitative estimate of drug-likeness (QED) is 0.583. The smallest absolute Gasteiger partial charge is 0.338 e. The molecule has 0 radical (unpaired) electrons. The summed E-state index contributed by atoms with van der Waals surface area (Å²) in [5, 5.41) is 0. The van der Waals surface area contributed by atoms with Crippen LogP contribution in [0.15, 0.2) is 43.5 Å². The predicted molar refractivity (Wildman–Crippen MR) is 72.1 cm³/mol. The van der Waals surface area contributed by atoms with Gasteiger partial charge in [-0.2, -0.15) is 0 Å². The molecule has 0 bridgehead atoms. The van der Waals surface area contributed by atoms with E-state index in [0.717, 1.165) is 0 Å². The van der Waals surface area contributed by atoms with Crippen molar-refractivity contribution in [2.75, 3.05) is 13.2 Å². The highest BCUT2D eigenvalue weighted by atomic mass is 16.5. The molecule has 0 aliphatic carbocycles. The average Bonchev–Trinajstić information content (AvgIpc) is 2.41. The van der Waals surface area contributed by atoms with E-state index >= 15 is 0 Å². The second kappa shape index (κ2) is 7.16. The van der Waals surface area contributed by atoms with Crippen LogP contribution in [0.5, 0.6) is 0 Å². The lowest BCUT2D eigenvalue weighted by atomic mass is 10.1. The molecule has 100 valence electrons. The maximum absolute atomic E-state index is 11.7. The zero-order chi connectivity index (χ0) is 14.3. The summed E-state index contributed by atoms with van der Waals surface area (Å²) < 4.78 is 9.85. The van der Waals surface area contributed by atoms with Crippen LogP contribution in [-0.2, 0) is 9.47 Å². The van der Waals surface area contributed by atoms with Crippen LogP contribution in [0.3, 0.4) is 0 Å². The average molecular weight is 260 g/mol. The van der Waals surface area contributed by atoms with Gasteiger partial charge >= 0.3 is 11.9 Å². The Labute approximate surface area is 112 Å². The summed E-state index contributed by atoms with van der Waals surface area (Å²) in [5.41, 5.74) is 1.46. The van der Waals surface area contributed by atoms with Crippen molar-refractivity contribution < 1.29 is 19.1 Å². The molecule has 0 spiro atoms. The third kappa shape index (κ3) is 4.10. The molecule has 0 heterocycles. The van der Waals surface area contributed by atoms with E-state index in [-0.39, 0.29) is 13.2 Å². The molecule has 0 unspecified atom stereocenters. The normalized spacial score (nSPS) is 9.53. The van der Waals surface area contributed by atoms with Crippen LogP contribution in [0.2, 0.25) is 0 Å². The van der Waals surface area contributed by atoms with Gasteiger partial charge in [0, 0.05) is 0 Å². The first-order valence-corrected chi connectivity index (χ1v) is 5.76. The highest BCUT2D eigenvalue weighted by Crippen LogP contribution is 2.13. The van der Waals surface area contributed by atoms with Crippen molar-refractivity contribution in [3.63, 3.8) is 0 Å². The number of hydrogen-bond acceptors (Lipinski definition) is 4. The number of esters is 2.